The summed E-state index contributed by atoms with van der Waals surface area (Å²) in [6.45, 7) is 9.87. The second kappa shape index (κ2) is 11.4. The predicted molar refractivity (Wildman–Crippen MR) is 146 cm³/mol. The largest absolute Gasteiger partial charge is 0.388 e. The maximum atomic E-state index is 4.95. The summed E-state index contributed by atoms with van der Waals surface area (Å²) in [6, 6.07) is 10.5. The fourth-order valence-electron chi connectivity index (χ4n) is 4.13. The number of hydrogen-bond donors (Lipinski definition) is 3. The smallest absolute Gasteiger partial charge is 0.111 e. The molecule has 0 saturated carbocycles. The average molecular weight is 465 g/mol. The highest BCUT2D eigenvalue weighted by molar-refractivity contribution is 5.90. The molecule has 0 fully saturated rings. The lowest BCUT2D eigenvalue weighted by Crippen LogP contribution is -2.15. The zero-order valence-electron chi connectivity index (χ0n) is 20.6. The Labute approximate surface area is 207 Å². The van der Waals surface area contributed by atoms with Crippen LogP contribution in [-0.4, -0.2) is 40.1 Å². The Kier molecular flexibility index (Phi) is 7.85. The Hall–Kier alpha value is -4.03. The third-order valence-electron chi connectivity index (χ3n) is 5.97. The number of nitrogens with zero attached hydrogens (tertiary/aromatic N) is 3. The molecule has 0 spiro atoms. The van der Waals surface area contributed by atoms with Crippen molar-refractivity contribution in [3.8, 4) is 11.1 Å². The van der Waals surface area contributed by atoms with E-state index in [-0.39, 0.29) is 0 Å². The Morgan fingerprint density at radius 2 is 2.03 bits per heavy atom. The quantitative estimate of drug-likeness (QED) is 0.259. The Morgan fingerprint density at radius 1 is 1.14 bits per heavy atom. The van der Waals surface area contributed by atoms with E-state index >= 15 is 0 Å². The first kappa shape index (κ1) is 24.1. The van der Waals surface area contributed by atoms with E-state index in [0.717, 1.165) is 63.5 Å². The van der Waals surface area contributed by atoms with Gasteiger partial charge in [-0.15, -0.1) is 0 Å². The third-order valence-corrected chi connectivity index (χ3v) is 5.97. The van der Waals surface area contributed by atoms with Gasteiger partial charge < -0.3 is 15.6 Å². The highest BCUT2D eigenvalue weighted by Crippen LogP contribution is 2.28. The van der Waals surface area contributed by atoms with Gasteiger partial charge in [-0.1, -0.05) is 43.9 Å². The van der Waals surface area contributed by atoms with Gasteiger partial charge in [-0.2, -0.15) is 0 Å². The number of fused-ring (bicyclic) bond motifs is 1. The van der Waals surface area contributed by atoms with Crippen LogP contribution in [0.5, 0.6) is 0 Å². The van der Waals surface area contributed by atoms with Crippen LogP contribution >= 0.6 is 0 Å². The number of pyridine rings is 2. The Bertz CT molecular complexity index is 1360. The Morgan fingerprint density at radius 3 is 2.74 bits per heavy atom. The predicted octanol–water partition coefficient (Wildman–Crippen LogP) is 5.78. The summed E-state index contributed by atoms with van der Waals surface area (Å²) in [5.74, 6) is 0.892. The van der Waals surface area contributed by atoms with Gasteiger partial charge in [0.25, 0.3) is 0 Å². The van der Waals surface area contributed by atoms with Crippen LogP contribution in [0.4, 0.5) is 5.69 Å². The Balaban J connectivity index is 1.68. The number of aromatic nitrogens is 4. The fraction of sp³-hybridized carbons (Fsp3) is 0.207. The summed E-state index contributed by atoms with van der Waals surface area (Å²) in [5, 5.41) is 6.70. The normalized spacial score (nSPS) is 12.2. The molecule has 6 nitrogen and oxygen atoms in total. The number of likely N-dealkylation sites (N-methyl/N-ethyl adjacent to an activating group) is 1. The van der Waals surface area contributed by atoms with E-state index < -0.39 is 0 Å². The van der Waals surface area contributed by atoms with Gasteiger partial charge in [0, 0.05) is 55.4 Å². The molecule has 1 aromatic carbocycles. The van der Waals surface area contributed by atoms with Crippen LogP contribution in [0.2, 0.25) is 0 Å². The van der Waals surface area contributed by atoms with E-state index in [9.17, 15) is 0 Å². The number of rotatable bonds is 10. The number of allylic oxidation sites excluding steroid dienone is 3. The molecule has 4 aromatic rings. The maximum Gasteiger partial charge on any atom is 0.111 e. The maximum absolute atomic E-state index is 4.95. The van der Waals surface area contributed by atoms with Crippen LogP contribution in [-0.2, 0) is 6.42 Å². The number of anilines is 1. The SMILES string of the molecule is C=C/C(=C\C(=C/C)c1ccc(NC)c(Cc2nc3c(-c4cccnc4)cncc3[nH]2)c1)CNCC. The van der Waals surface area contributed by atoms with E-state index in [1.165, 1.54) is 5.56 Å². The monoisotopic (exact) mass is 464 g/mol. The molecule has 178 valence electrons. The van der Waals surface area contributed by atoms with Gasteiger partial charge in [-0.05, 0) is 53.9 Å². The second-order valence-electron chi connectivity index (χ2n) is 8.25. The van der Waals surface area contributed by atoms with Gasteiger partial charge in [0.05, 0.1) is 17.2 Å². The molecule has 0 aliphatic rings. The zero-order valence-corrected chi connectivity index (χ0v) is 20.6. The van der Waals surface area contributed by atoms with Gasteiger partial charge in [0.2, 0.25) is 0 Å². The summed E-state index contributed by atoms with van der Waals surface area (Å²) in [5.41, 5.74) is 9.52. The summed E-state index contributed by atoms with van der Waals surface area (Å²) >= 11 is 0. The van der Waals surface area contributed by atoms with E-state index in [0.29, 0.717) is 6.42 Å². The molecule has 0 bridgehead atoms. The summed E-state index contributed by atoms with van der Waals surface area (Å²) < 4.78 is 0. The van der Waals surface area contributed by atoms with Crippen LogP contribution in [0.3, 0.4) is 0 Å². The van der Waals surface area contributed by atoms with Gasteiger partial charge in [0.15, 0.2) is 0 Å². The minimum atomic E-state index is 0.664. The molecule has 0 atom stereocenters. The molecule has 3 heterocycles. The van der Waals surface area contributed by atoms with Gasteiger partial charge >= 0.3 is 0 Å². The molecule has 0 radical (unpaired) electrons. The summed E-state index contributed by atoms with van der Waals surface area (Å²) in [7, 11) is 1.95. The van der Waals surface area contributed by atoms with Crippen molar-refractivity contribution >= 4 is 22.3 Å². The molecular formula is C29H32N6. The fourth-order valence-corrected chi connectivity index (χ4v) is 4.13. The van der Waals surface area contributed by atoms with Crippen molar-refractivity contribution in [2.24, 2.45) is 0 Å². The van der Waals surface area contributed by atoms with Crippen molar-refractivity contribution in [2.75, 3.05) is 25.5 Å². The number of imidazole rings is 1. The van der Waals surface area contributed by atoms with Gasteiger partial charge in [-0.25, -0.2) is 4.98 Å². The van der Waals surface area contributed by atoms with Crippen LogP contribution in [0, 0.1) is 0 Å². The van der Waals surface area contributed by atoms with Crippen molar-refractivity contribution in [2.45, 2.75) is 20.3 Å². The topological polar surface area (TPSA) is 78.5 Å². The van der Waals surface area contributed by atoms with Crippen LogP contribution in [0.25, 0.3) is 27.7 Å². The number of H-pyrrole nitrogens is 1. The van der Waals surface area contributed by atoms with E-state index in [2.05, 4.69) is 76.4 Å². The lowest BCUT2D eigenvalue weighted by molar-refractivity contribution is 0.785. The molecule has 4 rings (SSSR count). The standard InChI is InChI=1S/C29H32N6/c1-5-20(16-31-7-3)13-21(6-2)22-10-11-26(30-4)24(14-22)15-28-34-27-19-33-18-25(29(27)35-28)23-9-8-12-32-17-23/h5-6,8-14,17-19,30-31H,1,7,15-16H2,2-4H3,(H,34,35)/b20-13+,21-6+. The molecule has 3 aromatic heterocycles. The van der Waals surface area contributed by atoms with E-state index in [1.54, 1.807) is 6.20 Å². The zero-order chi connectivity index (χ0) is 24.6. The number of benzene rings is 1. The molecule has 0 unspecified atom stereocenters. The summed E-state index contributed by atoms with van der Waals surface area (Å²) in [6.07, 6.45) is 14.2. The minimum Gasteiger partial charge on any atom is -0.388 e. The van der Waals surface area contributed by atoms with Crippen molar-refractivity contribution in [3.63, 3.8) is 0 Å². The lowest BCUT2D eigenvalue weighted by atomic mass is 9.98. The van der Waals surface area contributed by atoms with Crippen LogP contribution in [0.1, 0.15) is 30.8 Å². The van der Waals surface area contributed by atoms with Crippen molar-refractivity contribution in [1.29, 1.82) is 0 Å². The first-order valence-electron chi connectivity index (χ1n) is 11.9. The highest BCUT2D eigenvalue weighted by atomic mass is 14.9. The van der Waals surface area contributed by atoms with E-state index in [1.807, 2.05) is 43.8 Å². The van der Waals surface area contributed by atoms with Gasteiger partial charge in [-0.3, -0.25) is 9.97 Å². The molecule has 0 aliphatic heterocycles. The number of aromatic amines is 1. The van der Waals surface area contributed by atoms with Crippen molar-refractivity contribution < 1.29 is 0 Å². The van der Waals surface area contributed by atoms with E-state index in [4.69, 9.17) is 4.98 Å². The molecule has 0 amide bonds. The van der Waals surface area contributed by atoms with Crippen molar-refractivity contribution in [3.05, 3.63) is 102 Å². The molecule has 35 heavy (non-hydrogen) atoms. The molecule has 0 saturated heterocycles. The van der Waals surface area contributed by atoms with Crippen LogP contribution in [0.15, 0.2) is 85.5 Å². The minimum absolute atomic E-state index is 0.664. The first-order chi connectivity index (χ1) is 17.2. The van der Waals surface area contributed by atoms with Gasteiger partial charge in [0.1, 0.15) is 5.82 Å². The first-order valence-corrected chi connectivity index (χ1v) is 11.9. The number of hydrogen-bond acceptors (Lipinski definition) is 5. The average Bonchev–Trinajstić information content (AvgIpc) is 3.32. The second-order valence-corrected chi connectivity index (χ2v) is 8.25. The summed E-state index contributed by atoms with van der Waals surface area (Å²) in [4.78, 5) is 17.1. The van der Waals surface area contributed by atoms with Crippen molar-refractivity contribution in [1.82, 2.24) is 25.3 Å². The molecule has 3 N–H and O–H groups in total. The number of nitrogens with one attached hydrogen (secondary N) is 3. The molecule has 6 heteroatoms. The lowest BCUT2D eigenvalue weighted by Gasteiger charge is -2.12. The third kappa shape index (κ3) is 5.55. The molecular weight excluding hydrogens is 432 g/mol. The highest BCUT2D eigenvalue weighted by Gasteiger charge is 2.13. The van der Waals surface area contributed by atoms with Crippen LogP contribution < -0.4 is 10.6 Å². The molecule has 0 aliphatic carbocycles.